The predicted molar refractivity (Wildman–Crippen MR) is 506 cm³/mol. The molecule has 9 aliphatic carbocycles. The Morgan fingerprint density at radius 2 is 0.739 bits per heavy atom. The highest BCUT2D eigenvalue weighted by Crippen LogP contribution is 2.67. The van der Waals surface area contributed by atoms with E-state index in [0.717, 1.165) is 109 Å². The first-order chi connectivity index (χ1) is 64.1. The number of piperidine rings is 3. The topological polar surface area (TPSA) is 561 Å². The predicted octanol–water partition coefficient (Wildman–Crippen LogP) is 7.51. The second-order valence-electron chi connectivity index (χ2n) is 47.9. The van der Waals surface area contributed by atoms with Gasteiger partial charge < -0.3 is 109 Å². The van der Waals surface area contributed by atoms with E-state index in [1.165, 1.54) is 21.8 Å². The molecule has 12 fully saturated rings. The number of ether oxygens (including phenoxy) is 5. The number of urea groups is 3. The van der Waals surface area contributed by atoms with Crippen molar-refractivity contribution in [3.8, 4) is 0 Å². The third-order valence-electron chi connectivity index (χ3n) is 31.7. The number of primary amides is 3. The molecule has 0 bridgehead atoms. The molecule has 16 N–H and O–H groups in total. The summed E-state index contributed by atoms with van der Waals surface area (Å²) in [5.74, 6) is -7.46. The molecule has 138 heavy (non-hydrogen) atoms. The highest BCUT2D eigenvalue weighted by atomic mass is 16.7. The molecule has 9 saturated carbocycles. The van der Waals surface area contributed by atoms with Crippen LogP contribution in [0.25, 0.3) is 0 Å². The second-order valence-corrected chi connectivity index (χ2v) is 47.9. The van der Waals surface area contributed by atoms with Crippen molar-refractivity contribution in [1.29, 1.82) is 0 Å². The van der Waals surface area contributed by atoms with E-state index in [1.807, 2.05) is 111 Å². The molecule has 0 aromatic carbocycles. The Morgan fingerprint density at radius 1 is 0.377 bits per heavy atom. The van der Waals surface area contributed by atoms with Crippen LogP contribution in [0.5, 0.6) is 0 Å². The molecule has 0 aromatic heterocycles. The van der Waals surface area contributed by atoms with Crippen molar-refractivity contribution in [2.24, 2.45) is 120 Å². The van der Waals surface area contributed by atoms with Crippen molar-refractivity contribution in [3.05, 3.63) is 0 Å². The lowest BCUT2D eigenvalue weighted by atomic mass is 9.80. The lowest BCUT2D eigenvalue weighted by Crippen LogP contribution is -2.63. The van der Waals surface area contributed by atoms with Crippen LogP contribution in [0.1, 0.15) is 280 Å². The maximum absolute atomic E-state index is 14.3. The zero-order valence-electron chi connectivity index (χ0n) is 85.2. The van der Waals surface area contributed by atoms with Crippen LogP contribution in [-0.2, 0) is 81.2 Å². The van der Waals surface area contributed by atoms with Crippen LogP contribution in [0.3, 0.4) is 0 Å². The minimum atomic E-state index is -1.10. The molecule has 16 amide bonds. The van der Waals surface area contributed by atoms with E-state index in [9.17, 15) is 86.3 Å². The van der Waals surface area contributed by atoms with Crippen LogP contribution in [0, 0.1) is 103 Å². The molecule has 39 heteroatoms. The Kier molecular flexibility index (Phi) is 35.0. The molecule has 17 atom stereocenters. The highest BCUT2D eigenvalue weighted by Gasteiger charge is 2.73. The third kappa shape index (κ3) is 27.6. The number of amides is 16. The normalized spacial score (nSPS) is 25.7. The number of ketones is 3. The summed E-state index contributed by atoms with van der Waals surface area (Å²) in [6, 6.07) is -11.6. The van der Waals surface area contributed by atoms with Gasteiger partial charge in [0.1, 0.15) is 56.1 Å². The third-order valence-corrected chi connectivity index (χ3v) is 31.7. The Bertz CT molecular complexity index is 4520. The number of nitrogens with one attached hydrogen (secondary N) is 10. The van der Waals surface area contributed by atoms with Crippen molar-refractivity contribution in [2.45, 2.75) is 358 Å². The number of nitrogens with zero attached hydrogens (tertiary/aromatic N) is 3. The molecule has 0 radical (unpaired) electrons. The fourth-order valence-corrected chi connectivity index (χ4v) is 21.8. The molecule has 774 valence electrons. The molecule has 12 aliphatic rings. The monoisotopic (exact) mass is 1940 g/mol. The van der Waals surface area contributed by atoms with Gasteiger partial charge in [-0.15, -0.1) is 0 Å². The number of alkyl carbamates (subject to hydrolysis) is 1. The van der Waals surface area contributed by atoms with Crippen LogP contribution >= 0.6 is 0 Å². The standard InChI is InChI=1S/C35H55N5O8.C32H54N6O7.C32H51N5O8/c1-34(2,3)28(39-32(45)38-24(21-11-6-7-12-21)18-48-33(46)47-17-20-13-14-20)31(44)40-16-22-25(35(22,4)5)26(40)30(43)37-23(27(41)29(36)42)15-19-9-8-10-19;1-16(2)34-29(44)45-15-20(30(3,4)5)36-28(43)37-24(31(6,7)8)27(42)38-14-18-21(32(18,9)10)22(38)26(41)35-19(13-17-11-12-17)23(39)25(33)40;1-30(2,3)24(35-28(42)36-32(13-8-7-9-14-32)17-45-29(43)44-6)27(41)37-16-19-21(31(19,4)5)22(37)26(40)34-20(23(38)25(33)39)15-18-11-10-12-18/h19-26,28H,6-18H2,1-5H3,(H2,36,42)(H,37,43)(H2,38,39,45);16-22,24H,11-15H2,1-10H3,(H2,33,40)(H,34,44)(H,35,41)(H2,36,37,43);18-22,24H,7-17H2,1-6H3,(H2,33,39)(H,34,40)(H2,35,36,42)/t22-,23?,24+,25-,26-,28+;18-,19?,20+,21-,22-,24+;19-,20?,21-,22-,24+/m000/s1. The molecule has 3 aliphatic heterocycles. The number of carbonyl (C=O) groups excluding carboxylic acids is 18. The van der Waals surface area contributed by atoms with Gasteiger partial charge in [0.05, 0.1) is 49.5 Å². The number of carbonyl (C=O) groups is 18. The summed E-state index contributed by atoms with van der Waals surface area (Å²) >= 11 is 0. The largest absolute Gasteiger partial charge is 0.508 e. The van der Waals surface area contributed by atoms with E-state index in [4.69, 9.17) is 36.1 Å². The first-order valence-electron chi connectivity index (χ1n) is 50.1. The maximum atomic E-state index is 14.3. The molecule has 3 saturated heterocycles. The molecule has 3 heterocycles. The number of fused-ring (bicyclic) bond motifs is 3. The Morgan fingerprint density at radius 3 is 1.07 bits per heavy atom. The SMILES string of the molecule is CC(C)(C)[C@H](NC(=O)N[C@H](COC(=O)OCC1CC1)C1CCCC1)C(=O)N1C[C@H]2[C@@H]([C@H]1C(=O)NC(CC1CCC1)C(=O)C(N)=O)C2(C)C.CC(C)NC(=O)OC[C@@H](NC(=O)N[C@H](C(=O)N1C[C@H]2[C@@H]([C@H]1C(=O)NC(CC1CC1)C(=O)C(N)=O)C2(C)C)C(C)(C)C)C(C)(C)C.COC(=O)OCC1(NC(=O)N[C@H](C(=O)N2C[C@H]3[C@@H]([C@H]2C(=O)NC(CC2CCC2)C(=O)C(N)=O)C3(C)C)C(C)(C)C)CCCCC1. The number of methoxy groups -OCH3 is 1. The Hall–Kier alpha value is -10.1. The van der Waals surface area contributed by atoms with E-state index in [-0.39, 0.29) is 101 Å². The summed E-state index contributed by atoms with van der Waals surface area (Å²) in [5.41, 5.74) is 11.9. The van der Waals surface area contributed by atoms with Gasteiger partial charge in [0.2, 0.25) is 52.8 Å². The summed E-state index contributed by atoms with van der Waals surface area (Å²) in [7, 11) is 1.22. The Balaban J connectivity index is 0.000000214. The minimum absolute atomic E-state index is 0.0332. The van der Waals surface area contributed by atoms with E-state index in [0.29, 0.717) is 64.3 Å². The van der Waals surface area contributed by atoms with Crippen LogP contribution < -0.4 is 70.4 Å². The van der Waals surface area contributed by atoms with E-state index in [2.05, 4.69) is 85.6 Å². The number of likely N-dealkylation sites (tertiary alicyclic amines) is 3. The highest BCUT2D eigenvalue weighted by molar-refractivity contribution is 6.39. The lowest BCUT2D eigenvalue weighted by molar-refractivity contribution is -0.145. The summed E-state index contributed by atoms with van der Waals surface area (Å²) in [6.07, 6.45) is 16.2. The molecule has 39 nitrogen and oxygen atoms in total. The van der Waals surface area contributed by atoms with E-state index >= 15 is 0 Å². The van der Waals surface area contributed by atoms with E-state index < -0.39 is 201 Å². The average Bonchev–Trinajstić information content (AvgIpc) is 1.53. The number of hydrogen-bond acceptors (Lipinski definition) is 23. The van der Waals surface area contributed by atoms with Gasteiger partial charge in [-0.25, -0.2) is 28.8 Å². The summed E-state index contributed by atoms with van der Waals surface area (Å²) in [4.78, 5) is 239. The van der Waals surface area contributed by atoms with Crippen molar-refractivity contribution in [3.63, 3.8) is 0 Å². The number of nitrogens with two attached hydrogens (primary N) is 3. The van der Waals surface area contributed by atoms with Crippen LogP contribution in [0.4, 0.5) is 28.8 Å². The average molecular weight is 1940 g/mol. The van der Waals surface area contributed by atoms with Crippen molar-refractivity contribution in [2.75, 3.05) is 53.2 Å². The molecule has 0 spiro atoms. The van der Waals surface area contributed by atoms with Crippen LogP contribution in [0.2, 0.25) is 0 Å². The van der Waals surface area contributed by atoms with Gasteiger partial charge in [-0.2, -0.15) is 0 Å². The van der Waals surface area contributed by atoms with Crippen molar-refractivity contribution >= 4 is 107 Å². The van der Waals surface area contributed by atoms with Crippen molar-refractivity contribution < 1.29 is 110 Å². The zero-order chi connectivity index (χ0) is 103. The smallest absolute Gasteiger partial charge is 0.447 e. The van der Waals surface area contributed by atoms with Gasteiger partial charge in [-0.05, 0) is 175 Å². The molecule has 0 aromatic rings. The molecular formula is C99H160N16O23. The molecular weight excluding hydrogens is 1780 g/mol. The summed E-state index contributed by atoms with van der Waals surface area (Å²) in [5, 5.41) is 28.4. The fraction of sp³-hybridized carbons (Fsp3) is 0.818. The Labute approximate surface area is 812 Å². The first kappa shape index (κ1) is 110. The van der Waals surface area contributed by atoms with Gasteiger partial charge in [-0.1, -0.05) is 208 Å². The van der Waals surface area contributed by atoms with Gasteiger partial charge in [0.15, 0.2) is 0 Å². The number of rotatable bonds is 37. The second kappa shape index (κ2) is 43.9. The maximum Gasteiger partial charge on any atom is 0.508 e. The molecule has 3 unspecified atom stereocenters. The summed E-state index contributed by atoms with van der Waals surface area (Å²) < 4.78 is 25.8. The van der Waals surface area contributed by atoms with Gasteiger partial charge in [0, 0.05) is 25.7 Å². The van der Waals surface area contributed by atoms with Gasteiger partial charge in [-0.3, -0.25) is 57.5 Å². The van der Waals surface area contributed by atoms with Gasteiger partial charge in [0.25, 0.3) is 17.7 Å². The zero-order valence-corrected chi connectivity index (χ0v) is 85.2. The lowest BCUT2D eigenvalue weighted by Gasteiger charge is -2.40. The number of hydrogen-bond donors (Lipinski definition) is 13. The van der Waals surface area contributed by atoms with Crippen LogP contribution in [-0.4, -0.2) is 253 Å². The minimum Gasteiger partial charge on any atom is -0.447 e. The molecule has 12 rings (SSSR count). The summed E-state index contributed by atoms with van der Waals surface area (Å²) in [6.45, 7) is 39.3. The van der Waals surface area contributed by atoms with E-state index in [1.54, 1.807) is 0 Å². The number of Topliss-reactive ketones (excluding diaryl/α,β-unsaturated/α-hetero) is 3. The van der Waals surface area contributed by atoms with Crippen LogP contribution in [0.15, 0.2) is 0 Å². The quantitative estimate of drug-likeness (QED) is 0.0162. The first-order valence-corrected chi connectivity index (χ1v) is 50.1. The van der Waals surface area contributed by atoms with Gasteiger partial charge >= 0.3 is 36.5 Å². The van der Waals surface area contributed by atoms with Crippen molar-refractivity contribution in [1.82, 2.24) is 67.9 Å². The fourth-order valence-electron chi connectivity index (χ4n) is 21.8.